The third-order valence-corrected chi connectivity index (χ3v) is 5.41. The Bertz CT molecular complexity index is 990. The summed E-state index contributed by atoms with van der Waals surface area (Å²) in [4.78, 5) is 50.9. The first-order valence-corrected chi connectivity index (χ1v) is 9.82. The van der Waals surface area contributed by atoms with Crippen molar-refractivity contribution >= 4 is 35.2 Å². The second-order valence-corrected chi connectivity index (χ2v) is 7.51. The van der Waals surface area contributed by atoms with Crippen molar-refractivity contribution in [1.29, 1.82) is 0 Å². The van der Waals surface area contributed by atoms with Crippen molar-refractivity contribution < 1.29 is 28.4 Å². The minimum absolute atomic E-state index is 0.146. The zero-order valence-corrected chi connectivity index (χ0v) is 16.4. The van der Waals surface area contributed by atoms with Crippen molar-refractivity contribution in [3.05, 3.63) is 41.7 Å². The molecule has 1 aliphatic carbocycles. The van der Waals surface area contributed by atoms with Gasteiger partial charge in [0.1, 0.15) is 5.76 Å². The van der Waals surface area contributed by atoms with Crippen molar-refractivity contribution in [2.24, 2.45) is 11.8 Å². The summed E-state index contributed by atoms with van der Waals surface area (Å²) >= 11 is 0. The number of fused-ring (bicyclic) bond motifs is 1. The molecular formula is C21H21N3O6. The lowest BCUT2D eigenvalue weighted by atomic mass is 9.81. The predicted octanol–water partition coefficient (Wildman–Crippen LogP) is 2.46. The molecule has 0 bridgehead atoms. The Balaban J connectivity index is 1.41. The Morgan fingerprint density at radius 2 is 1.87 bits per heavy atom. The quantitative estimate of drug-likeness (QED) is 0.593. The largest absolute Gasteiger partial charge is 0.452 e. The number of carbonyl (C=O) groups excluding carboxylic acids is 4. The SMILES string of the molecule is Cc1cc(NC(=O)COC(=O)c2cccc(N3C(=O)[C@H]4CCCC[C@@H]4C3=O)c2)no1. The molecule has 2 aliphatic rings. The normalized spacial score (nSPS) is 20.8. The average molecular weight is 411 g/mol. The first-order valence-electron chi connectivity index (χ1n) is 9.82. The van der Waals surface area contributed by atoms with Gasteiger partial charge in [0.25, 0.3) is 5.91 Å². The molecule has 0 radical (unpaired) electrons. The van der Waals surface area contributed by atoms with Gasteiger partial charge in [-0.25, -0.2) is 4.79 Å². The first kappa shape index (κ1) is 19.8. The van der Waals surface area contributed by atoms with Gasteiger partial charge in [0.05, 0.1) is 23.1 Å². The molecular weight excluding hydrogens is 390 g/mol. The van der Waals surface area contributed by atoms with Crippen LogP contribution in [-0.4, -0.2) is 35.5 Å². The van der Waals surface area contributed by atoms with Crippen LogP contribution in [0.4, 0.5) is 11.5 Å². The molecule has 2 heterocycles. The molecule has 1 aromatic heterocycles. The molecule has 1 N–H and O–H groups in total. The summed E-state index contributed by atoms with van der Waals surface area (Å²) in [7, 11) is 0. The Labute approximate surface area is 172 Å². The van der Waals surface area contributed by atoms with E-state index in [1.165, 1.54) is 23.1 Å². The van der Waals surface area contributed by atoms with Crippen LogP contribution in [0.25, 0.3) is 0 Å². The number of imide groups is 1. The van der Waals surface area contributed by atoms with Crippen molar-refractivity contribution in [3.8, 4) is 0 Å². The molecule has 4 rings (SSSR count). The van der Waals surface area contributed by atoms with Gasteiger partial charge in [-0.1, -0.05) is 24.1 Å². The molecule has 1 aromatic carbocycles. The minimum atomic E-state index is -0.736. The van der Waals surface area contributed by atoms with Crippen LogP contribution in [0, 0.1) is 18.8 Å². The highest BCUT2D eigenvalue weighted by molar-refractivity contribution is 6.22. The van der Waals surface area contributed by atoms with E-state index < -0.39 is 18.5 Å². The molecule has 9 heteroatoms. The van der Waals surface area contributed by atoms with E-state index in [-0.39, 0.29) is 35.0 Å². The highest BCUT2D eigenvalue weighted by atomic mass is 16.5. The van der Waals surface area contributed by atoms with Gasteiger partial charge in [0.2, 0.25) is 11.8 Å². The Kier molecular flexibility index (Phi) is 5.35. The molecule has 9 nitrogen and oxygen atoms in total. The van der Waals surface area contributed by atoms with Crippen LogP contribution in [0.2, 0.25) is 0 Å². The van der Waals surface area contributed by atoms with Gasteiger partial charge in [-0.3, -0.25) is 19.3 Å². The molecule has 1 saturated heterocycles. The molecule has 156 valence electrons. The maximum Gasteiger partial charge on any atom is 0.338 e. The number of esters is 1. The summed E-state index contributed by atoms with van der Waals surface area (Å²) in [5, 5.41) is 6.07. The number of rotatable bonds is 5. The summed E-state index contributed by atoms with van der Waals surface area (Å²) in [6.45, 7) is 1.17. The topological polar surface area (TPSA) is 119 Å². The van der Waals surface area contributed by atoms with E-state index in [1.54, 1.807) is 19.1 Å². The van der Waals surface area contributed by atoms with Crippen LogP contribution in [0.3, 0.4) is 0 Å². The van der Waals surface area contributed by atoms with Gasteiger partial charge < -0.3 is 14.6 Å². The summed E-state index contributed by atoms with van der Waals surface area (Å²) in [6, 6.07) is 7.66. The van der Waals surface area contributed by atoms with Crippen molar-refractivity contribution in [1.82, 2.24) is 5.16 Å². The molecule has 30 heavy (non-hydrogen) atoms. The summed E-state index contributed by atoms with van der Waals surface area (Å²) in [6.07, 6.45) is 3.31. The van der Waals surface area contributed by atoms with Crippen LogP contribution < -0.4 is 10.2 Å². The van der Waals surface area contributed by atoms with Gasteiger partial charge in [-0.2, -0.15) is 0 Å². The van der Waals surface area contributed by atoms with Gasteiger partial charge >= 0.3 is 5.97 Å². The number of nitrogens with one attached hydrogen (secondary N) is 1. The standard InChI is InChI=1S/C21H21N3O6/c1-12-9-17(23-30-12)22-18(25)11-29-21(28)13-5-4-6-14(10-13)24-19(26)15-7-2-3-8-16(15)20(24)27/h4-6,9-10,15-16H,2-3,7-8,11H2,1H3,(H,22,23,25)/t15-,16-/m0/s1. The van der Waals surface area contributed by atoms with Crippen molar-refractivity contribution in [2.75, 3.05) is 16.8 Å². The van der Waals surface area contributed by atoms with Crippen LogP contribution in [0.5, 0.6) is 0 Å². The van der Waals surface area contributed by atoms with E-state index in [9.17, 15) is 19.2 Å². The highest BCUT2D eigenvalue weighted by Gasteiger charge is 2.48. The second-order valence-electron chi connectivity index (χ2n) is 7.51. The number of ether oxygens (including phenoxy) is 1. The van der Waals surface area contributed by atoms with Gasteiger partial charge in [-0.15, -0.1) is 0 Å². The minimum Gasteiger partial charge on any atom is -0.452 e. The van der Waals surface area contributed by atoms with Crippen LogP contribution in [0.1, 0.15) is 41.8 Å². The van der Waals surface area contributed by atoms with E-state index in [0.717, 1.165) is 12.8 Å². The van der Waals surface area contributed by atoms with Gasteiger partial charge in [-0.05, 0) is 38.0 Å². The predicted molar refractivity (Wildman–Crippen MR) is 105 cm³/mol. The fourth-order valence-corrected chi connectivity index (χ4v) is 4.01. The Morgan fingerprint density at radius 3 is 2.50 bits per heavy atom. The number of anilines is 2. The number of hydrogen-bond acceptors (Lipinski definition) is 7. The fraction of sp³-hybridized carbons (Fsp3) is 0.381. The van der Waals surface area contributed by atoms with E-state index >= 15 is 0 Å². The van der Waals surface area contributed by atoms with Crippen LogP contribution in [-0.2, 0) is 19.1 Å². The lowest BCUT2D eigenvalue weighted by Gasteiger charge is -2.19. The third kappa shape index (κ3) is 3.83. The second kappa shape index (κ2) is 8.10. The van der Waals surface area contributed by atoms with Crippen LogP contribution >= 0.6 is 0 Å². The van der Waals surface area contributed by atoms with Crippen molar-refractivity contribution in [3.63, 3.8) is 0 Å². The lowest BCUT2D eigenvalue weighted by molar-refractivity contribution is -0.122. The molecule has 0 spiro atoms. The molecule has 2 fully saturated rings. The lowest BCUT2D eigenvalue weighted by Crippen LogP contribution is -2.31. The maximum atomic E-state index is 12.7. The monoisotopic (exact) mass is 411 g/mol. The zero-order valence-electron chi connectivity index (χ0n) is 16.4. The van der Waals surface area contributed by atoms with E-state index in [1.807, 2.05) is 0 Å². The number of carbonyl (C=O) groups is 4. The Morgan fingerprint density at radius 1 is 1.17 bits per heavy atom. The fourth-order valence-electron chi connectivity index (χ4n) is 4.01. The zero-order chi connectivity index (χ0) is 21.3. The van der Waals surface area contributed by atoms with E-state index in [2.05, 4.69) is 10.5 Å². The Hall–Kier alpha value is -3.49. The number of aryl methyl sites for hydroxylation is 1. The molecule has 0 unspecified atom stereocenters. The number of hydrogen-bond donors (Lipinski definition) is 1. The maximum absolute atomic E-state index is 12.7. The summed E-state index contributed by atoms with van der Waals surface area (Å²) < 4.78 is 9.88. The van der Waals surface area contributed by atoms with Gasteiger partial charge in [0, 0.05) is 6.07 Å². The molecule has 1 aliphatic heterocycles. The van der Waals surface area contributed by atoms with Crippen molar-refractivity contribution in [2.45, 2.75) is 32.6 Å². The third-order valence-electron chi connectivity index (χ3n) is 5.41. The number of nitrogens with zero attached hydrogens (tertiary/aromatic N) is 2. The molecule has 3 amide bonds. The summed E-state index contributed by atoms with van der Waals surface area (Å²) in [5.41, 5.74) is 0.490. The number of benzene rings is 1. The molecule has 2 aromatic rings. The van der Waals surface area contributed by atoms with Crippen LogP contribution in [0.15, 0.2) is 34.9 Å². The summed E-state index contributed by atoms with van der Waals surface area (Å²) in [5.74, 6) is -1.51. The number of aromatic nitrogens is 1. The number of amides is 3. The van der Waals surface area contributed by atoms with Gasteiger partial charge in [0.15, 0.2) is 12.4 Å². The molecule has 2 atom stereocenters. The smallest absolute Gasteiger partial charge is 0.338 e. The van der Waals surface area contributed by atoms with E-state index in [0.29, 0.717) is 24.3 Å². The van der Waals surface area contributed by atoms with E-state index in [4.69, 9.17) is 9.26 Å². The first-order chi connectivity index (χ1) is 14.4. The average Bonchev–Trinajstić information content (AvgIpc) is 3.27. The molecule has 1 saturated carbocycles. The highest BCUT2D eigenvalue weighted by Crippen LogP contribution is 2.40.